The number of rotatable bonds is 5. The van der Waals surface area contributed by atoms with Crippen LogP contribution in [-0.2, 0) is 14.4 Å². The van der Waals surface area contributed by atoms with Gasteiger partial charge in [0.2, 0.25) is 5.91 Å². The van der Waals surface area contributed by atoms with E-state index >= 15 is 0 Å². The highest BCUT2D eigenvalue weighted by Gasteiger charge is 2.59. The van der Waals surface area contributed by atoms with Crippen LogP contribution in [0.1, 0.15) is 31.4 Å². The number of unbranched alkanes of at least 4 members (excludes halogenated alkanes) is 1. The van der Waals surface area contributed by atoms with Crippen LogP contribution in [0.4, 0.5) is 5.69 Å². The highest BCUT2D eigenvalue weighted by atomic mass is 35.5. The zero-order valence-electron chi connectivity index (χ0n) is 15.6. The first-order valence-electron chi connectivity index (χ1n) is 9.44. The van der Waals surface area contributed by atoms with Crippen LogP contribution in [0.15, 0.2) is 42.5 Å². The van der Waals surface area contributed by atoms with E-state index in [-0.39, 0.29) is 11.8 Å². The number of imide groups is 1. The Hall–Kier alpha value is -1.79. The van der Waals surface area contributed by atoms with E-state index in [1.54, 1.807) is 47.5 Å². The maximum atomic E-state index is 13.2. The van der Waals surface area contributed by atoms with Crippen LogP contribution in [0.2, 0.25) is 15.1 Å². The molecule has 0 radical (unpaired) electrons. The van der Waals surface area contributed by atoms with Crippen molar-refractivity contribution in [2.45, 2.75) is 31.9 Å². The van der Waals surface area contributed by atoms with E-state index in [0.717, 1.165) is 12.8 Å². The molecule has 0 aliphatic carbocycles. The summed E-state index contributed by atoms with van der Waals surface area (Å²) in [5.41, 5.74) is 1.36. The second kappa shape index (κ2) is 8.15. The van der Waals surface area contributed by atoms with Gasteiger partial charge in [-0.15, -0.1) is 0 Å². The van der Waals surface area contributed by atoms with Crippen molar-refractivity contribution in [1.82, 2.24) is 4.90 Å². The third kappa shape index (κ3) is 3.61. The number of fused-ring (bicyclic) bond motifs is 1. The molecule has 2 amide bonds. The molecule has 8 heteroatoms. The van der Waals surface area contributed by atoms with Gasteiger partial charge >= 0.3 is 0 Å². The molecule has 0 N–H and O–H groups in total. The van der Waals surface area contributed by atoms with Gasteiger partial charge in [-0.2, -0.15) is 0 Å². The summed E-state index contributed by atoms with van der Waals surface area (Å²) in [6.45, 7) is 2.41. The number of hydroxylamine groups is 1. The van der Waals surface area contributed by atoms with Gasteiger partial charge in [-0.25, -0.2) is 5.06 Å². The number of benzene rings is 2. The molecule has 0 saturated carbocycles. The van der Waals surface area contributed by atoms with Gasteiger partial charge in [0, 0.05) is 21.6 Å². The zero-order valence-corrected chi connectivity index (χ0v) is 17.9. The lowest BCUT2D eigenvalue weighted by Gasteiger charge is -2.29. The Morgan fingerprint density at radius 2 is 1.66 bits per heavy atom. The molecule has 2 fully saturated rings. The SMILES string of the molecule is CCCCN1C(=O)[C@H]2[C@@H](ON(c3ccc(Cl)cc3)[C@H]2c2ccc(Cl)cc2Cl)C1=O. The van der Waals surface area contributed by atoms with E-state index in [1.165, 1.54) is 4.90 Å². The van der Waals surface area contributed by atoms with E-state index in [4.69, 9.17) is 39.6 Å². The minimum Gasteiger partial charge on any atom is -0.280 e. The molecule has 152 valence electrons. The van der Waals surface area contributed by atoms with Crippen LogP contribution >= 0.6 is 34.8 Å². The van der Waals surface area contributed by atoms with Gasteiger partial charge in [-0.05, 0) is 48.4 Å². The molecular formula is C21H19Cl3N2O3. The summed E-state index contributed by atoms with van der Waals surface area (Å²) >= 11 is 18.6. The lowest BCUT2D eigenvalue weighted by Crippen LogP contribution is -2.37. The van der Waals surface area contributed by atoms with E-state index in [9.17, 15) is 9.59 Å². The lowest BCUT2D eigenvalue weighted by molar-refractivity contribution is -0.143. The average molecular weight is 454 g/mol. The van der Waals surface area contributed by atoms with Gasteiger partial charge in [-0.1, -0.05) is 54.2 Å². The van der Waals surface area contributed by atoms with E-state index in [0.29, 0.717) is 32.9 Å². The summed E-state index contributed by atoms with van der Waals surface area (Å²) < 4.78 is 0. The highest BCUT2D eigenvalue weighted by molar-refractivity contribution is 6.35. The number of hydrogen-bond acceptors (Lipinski definition) is 4. The Morgan fingerprint density at radius 1 is 0.966 bits per heavy atom. The molecule has 29 heavy (non-hydrogen) atoms. The van der Waals surface area contributed by atoms with Gasteiger partial charge in [0.15, 0.2) is 6.10 Å². The minimum atomic E-state index is -0.883. The number of likely N-dealkylation sites (tertiary alicyclic amines) is 1. The molecule has 0 aromatic heterocycles. The van der Waals surface area contributed by atoms with Crippen molar-refractivity contribution >= 4 is 52.3 Å². The monoisotopic (exact) mass is 452 g/mol. The fourth-order valence-electron chi connectivity index (χ4n) is 3.88. The number of halogens is 3. The summed E-state index contributed by atoms with van der Waals surface area (Å²) in [6, 6.07) is 11.6. The lowest BCUT2D eigenvalue weighted by atomic mass is 9.90. The molecule has 2 aromatic rings. The van der Waals surface area contributed by atoms with Gasteiger partial charge in [0.05, 0.1) is 11.7 Å². The topological polar surface area (TPSA) is 49.9 Å². The summed E-state index contributed by atoms with van der Waals surface area (Å²) in [5.74, 6) is -1.23. The van der Waals surface area contributed by atoms with Crippen molar-refractivity contribution in [3.63, 3.8) is 0 Å². The van der Waals surface area contributed by atoms with Gasteiger partial charge in [0.25, 0.3) is 5.91 Å². The molecule has 2 heterocycles. The Kier molecular flexibility index (Phi) is 5.76. The van der Waals surface area contributed by atoms with Crippen molar-refractivity contribution < 1.29 is 14.4 Å². The molecule has 4 rings (SSSR count). The summed E-state index contributed by atoms with van der Waals surface area (Å²) in [5, 5.41) is 3.07. The van der Waals surface area contributed by atoms with Crippen molar-refractivity contribution in [3.05, 3.63) is 63.1 Å². The number of carbonyl (C=O) groups is 2. The largest absolute Gasteiger partial charge is 0.280 e. The fourth-order valence-corrected chi connectivity index (χ4v) is 4.52. The van der Waals surface area contributed by atoms with Crippen LogP contribution in [0.25, 0.3) is 0 Å². The standard InChI is InChI=1S/C21H19Cl3N2O3/c1-2-3-10-25-20(27)17-18(15-9-6-13(23)11-16(15)24)26(29-19(17)21(25)28)14-7-4-12(22)5-8-14/h4-9,11,17-19H,2-3,10H2,1H3/t17-,18+,19-/m1/s1. The molecule has 2 aliphatic heterocycles. The van der Waals surface area contributed by atoms with Crippen molar-refractivity contribution in [3.8, 4) is 0 Å². The summed E-state index contributed by atoms with van der Waals surface area (Å²) in [7, 11) is 0. The third-order valence-corrected chi connectivity index (χ3v) is 6.12. The molecule has 2 saturated heterocycles. The predicted molar refractivity (Wildman–Crippen MR) is 113 cm³/mol. The summed E-state index contributed by atoms with van der Waals surface area (Å²) in [4.78, 5) is 33.5. The van der Waals surface area contributed by atoms with E-state index in [1.807, 2.05) is 6.92 Å². The van der Waals surface area contributed by atoms with Crippen molar-refractivity contribution in [1.29, 1.82) is 0 Å². The average Bonchev–Trinajstić information content (AvgIpc) is 3.18. The van der Waals surface area contributed by atoms with Crippen LogP contribution < -0.4 is 5.06 Å². The molecule has 5 nitrogen and oxygen atoms in total. The van der Waals surface area contributed by atoms with Crippen LogP contribution in [0.3, 0.4) is 0 Å². The first-order valence-corrected chi connectivity index (χ1v) is 10.6. The molecular weight excluding hydrogens is 435 g/mol. The first kappa shape index (κ1) is 20.5. The Labute approximate surface area is 184 Å². The van der Waals surface area contributed by atoms with E-state index < -0.39 is 18.1 Å². The van der Waals surface area contributed by atoms with Crippen molar-refractivity contribution in [2.24, 2.45) is 5.92 Å². The Balaban J connectivity index is 1.77. The minimum absolute atomic E-state index is 0.235. The maximum Gasteiger partial charge on any atom is 0.261 e. The second-order valence-electron chi connectivity index (χ2n) is 7.15. The van der Waals surface area contributed by atoms with Crippen LogP contribution in [0, 0.1) is 5.92 Å². The number of anilines is 1. The molecule has 0 unspecified atom stereocenters. The maximum absolute atomic E-state index is 13.2. The van der Waals surface area contributed by atoms with E-state index in [2.05, 4.69) is 0 Å². The highest BCUT2D eigenvalue weighted by Crippen LogP contribution is 2.48. The normalized spacial score (nSPS) is 23.8. The predicted octanol–water partition coefficient (Wildman–Crippen LogP) is 5.29. The number of nitrogens with zero attached hydrogens (tertiary/aromatic N) is 2. The number of amides is 2. The zero-order chi connectivity index (χ0) is 20.7. The van der Waals surface area contributed by atoms with Crippen LogP contribution in [-0.4, -0.2) is 29.4 Å². The van der Waals surface area contributed by atoms with Gasteiger partial charge in [-0.3, -0.25) is 19.3 Å². The number of hydrogen-bond donors (Lipinski definition) is 0. The quantitative estimate of drug-likeness (QED) is 0.577. The molecule has 3 atom stereocenters. The Bertz CT molecular complexity index is 951. The molecule has 0 bridgehead atoms. The molecule has 2 aromatic carbocycles. The number of carbonyl (C=O) groups excluding carboxylic acids is 2. The van der Waals surface area contributed by atoms with Crippen molar-refractivity contribution in [2.75, 3.05) is 11.6 Å². The Morgan fingerprint density at radius 3 is 2.31 bits per heavy atom. The van der Waals surface area contributed by atoms with Gasteiger partial charge < -0.3 is 0 Å². The fraction of sp³-hybridized carbons (Fsp3) is 0.333. The smallest absolute Gasteiger partial charge is 0.261 e. The third-order valence-electron chi connectivity index (χ3n) is 5.30. The molecule has 0 spiro atoms. The second-order valence-corrected chi connectivity index (χ2v) is 8.43. The molecule has 2 aliphatic rings. The van der Waals surface area contributed by atoms with Crippen LogP contribution in [0.5, 0.6) is 0 Å². The van der Waals surface area contributed by atoms with Gasteiger partial charge in [0.1, 0.15) is 5.92 Å². The first-order chi connectivity index (χ1) is 13.9. The summed E-state index contributed by atoms with van der Waals surface area (Å²) in [6.07, 6.45) is 0.757.